The Labute approximate surface area is 146 Å². The van der Waals surface area contributed by atoms with Gasteiger partial charge in [0.1, 0.15) is 0 Å². The fraction of sp³-hybridized carbons (Fsp3) is 0.773. The first-order valence-corrected chi connectivity index (χ1v) is 10.1. The van der Waals surface area contributed by atoms with Crippen LogP contribution in [-0.2, 0) is 4.74 Å². The molecule has 2 heteroatoms. The van der Waals surface area contributed by atoms with Crippen LogP contribution in [0.5, 0.6) is 0 Å². The summed E-state index contributed by atoms with van der Waals surface area (Å²) in [5.74, 6) is 6.46. The quantitative estimate of drug-likeness (QED) is 0.709. The van der Waals surface area contributed by atoms with Gasteiger partial charge in [0.05, 0.1) is 24.9 Å². The number of hydrogen-bond acceptors (Lipinski definition) is 2. The Morgan fingerprint density at radius 2 is 2.12 bits per heavy atom. The van der Waals surface area contributed by atoms with Crippen molar-refractivity contribution in [1.82, 2.24) is 0 Å². The molecule has 0 heterocycles. The molecule has 8 unspecified atom stereocenters. The third kappa shape index (κ3) is 1.77. The molecule has 0 aromatic heterocycles. The zero-order valence-corrected chi connectivity index (χ0v) is 15.0. The van der Waals surface area contributed by atoms with Crippen molar-refractivity contribution in [2.24, 2.45) is 46.8 Å². The van der Waals surface area contributed by atoms with E-state index in [2.05, 4.69) is 25.1 Å². The smallest absolute Gasteiger partial charge is 0.0958 e. The van der Waals surface area contributed by atoms with Gasteiger partial charge in [-0.15, -0.1) is 0 Å². The highest BCUT2D eigenvalue weighted by Crippen LogP contribution is 2.75. The highest BCUT2D eigenvalue weighted by Gasteiger charge is 2.70. The van der Waals surface area contributed by atoms with E-state index in [4.69, 9.17) is 4.74 Å². The molecule has 0 radical (unpaired) electrons. The number of nitriles is 1. The molecular weight excluding hydrogens is 294 g/mol. The van der Waals surface area contributed by atoms with Crippen molar-refractivity contribution in [2.45, 2.75) is 51.9 Å². The lowest BCUT2D eigenvalue weighted by atomic mass is 9.49. The van der Waals surface area contributed by atoms with Crippen LogP contribution in [-0.4, -0.2) is 7.11 Å². The lowest BCUT2D eigenvalue weighted by molar-refractivity contribution is -0.0331. The second-order valence-corrected chi connectivity index (χ2v) is 9.05. The van der Waals surface area contributed by atoms with Gasteiger partial charge in [0, 0.05) is 6.42 Å². The summed E-state index contributed by atoms with van der Waals surface area (Å²) in [4.78, 5) is 0. The van der Waals surface area contributed by atoms with Crippen molar-refractivity contribution in [3.05, 3.63) is 23.5 Å². The molecule has 0 saturated heterocycles. The molecule has 0 amide bonds. The van der Waals surface area contributed by atoms with E-state index in [1.54, 1.807) is 5.57 Å². The van der Waals surface area contributed by atoms with E-state index in [0.717, 1.165) is 41.9 Å². The predicted molar refractivity (Wildman–Crippen MR) is 93.6 cm³/mol. The topological polar surface area (TPSA) is 33.0 Å². The Morgan fingerprint density at radius 3 is 2.88 bits per heavy atom. The van der Waals surface area contributed by atoms with Crippen LogP contribution in [0.2, 0.25) is 0 Å². The summed E-state index contributed by atoms with van der Waals surface area (Å²) in [7, 11) is 1.81. The minimum atomic E-state index is 0.357. The van der Waals surface area contributed by atoms with Gasteiger partial charge < -0.3 is 4.74 Å². The first-order chi connectivity index (χ1) is 11.7. The number of fused-ring (bicyclic) bond motifs is 7. The summed E-state index contributed by atoms with van der Waals surface area (Å²) < 4.78 is 5.52. The molecule has 0 aromatic rings. The third-order valence-corrected chi connectivity index (χ3v) is 8.68. The molecule has 3 saturated carbocycles. The molecule has 0 spiro atoms. The molecule has 128 valence electrons. The first kappa shape index (κ1) is 15.1. The van der Waals surface area contributed by atoms with Gasteiger partial charge in [-0.05, 0) is 91.1 Å². The van der Waals surface area contributed by atoms with E-state index in [-0.39, 0.29) is 0 Å². The highest BCUT2D eigenvalue weighted by molar-refractivity contribution is 5.33. The first-order valence-electron chi connectivity index (χ1n) is 10.1. The van der Waals surface area contributed by atoms with Crippen molar-refractivity contribution in [3.8, 4) is 6.07 Å². The van der Waals surface area contributed by atoms with E-state index >= 15 is 0 Å². The fourth-order valence-electron chi connectivity index (χ4n) is 7.69. The summed E-state index contributed by atoms with van der Waals surface area (Å²) >= 11 is 0. The van der Waals surface area contributed by atoms with E-state index in [1.807, 2.05) is 7.11 Å². The maximum absolute atomic E-state index is 9.85. The lowest BCUT2D eigenvalue weighted by Crippen LogP contribution is -2.48. The SMILES string of the molecule is CCC12CCC3C4CCC(OC)=CC4=CCC3C1C1CC1C2C#N. The Morgan fingerprint density at radius 1 is 1.25 bits per heavy atom. The molecule has 2 nitrogen and oxygen atoms in total. The van der Waals surface area contributed by atoms with Crippen molar-refractivity contribution < 1.29 is 4.74 Å². The average Bonchev–Trinajstić information content (AvgIpc) is 3.35. The lowest BCUT2D eigenvalue weighted by Gasteiger charge is -2.54. The predicted octanol–water partition coefficient (Wildman–Crippen LogP) is 5.09. The normalized spacial score (nSPS) is 51.1. The molecule has 0 aromatic carbocycles. The van der Waals surface area contributed by atoms with Crippen LogP contribution in [0.25, 0.3) is 0 Å². The Balaban J connectivity index is 1.50. The number of hydrogen-bond donors (Lipinski definition) is 0. The fourth-order valence-corrected chi connectivity index (χ4v) is 7.69. The van der Waals surface area contributed by atoms with E-state index in [0.29, 0.717) is 11.3 Å². The van der Waals surface area contributed by atoms with E-state index in [9.17, 15) is 5.26 Å². The van der Waals surface area contributed by atoms with Crippen LogP contribution < -0.4 is 0 Å². The molecule has 0 N–H and O–H groups in total. The van der Waals surface area contributed by atoms with E-state index < -0.39 is 0 Å². The molecular formula is C22H29NO. The van der Waals surface area contributed by atoms with Gasteiger partial charge in [0.2, 0.25) is 0 Å². The number of nitrogens with zero attached hydrogens (tertiary/aromatic N) is 1. The monoisotopic (exact) mass is 323 g/mol. The van der Waals surface area contributed by atoms with Gasteiger partial charge in [0.25, 0.3) is 0 Å². The summed E-state index contributed by atoms with van der Waals surface area (Å²) in [6, 6.07) is 2.77. The van der Waals surface area contributed by atoms with Crippen molar-refractivity contribution >= 4 is 0 Å². The summed E-state index contributed by atoms with van der Waals surface area (Å²) in [6.07, 6.45) is 13.7. The molecule has 24 heavy (non-hydrogen) atoms. The van der Waals surface area contributed by atoms with Gasteiger partial charge in [-0.3, -0.25) is 0 Å². The van der Waals surface area contributed by atoms with Crippen LogP contribution in [0.3, 0.4) is 0 Å². The standard InChI is InChI=1S/C22H29NO/c1-3-22-9-8-16-15-7-5-14(24-2)10-13(15)4-6-17(16)21(22)19-11-18(19)20(22)12-23/h4,10,15-21H,3,5-9,11H2,1-2H3. The van der Waals surface area contributed by atoms with Crippen LogP contribution in [0.1, 0.15) is 51.9 Å². The van der Waals surface area contributed by atoms with Crippen molar-refractivity contribution in [2.75, 3.05) is 7.11 Å². The van der Waals surface area contributed by atoms with Gasteiger partial charge in [-0.1, -0.05) is 13.0 Å². The number of methoxy groups -OCH3 is 1. The third-order valence-electron chi connectivity index (χ3n) is 8.68. The van der Waals surface area contributed by atoms with Crippen LogP contribution in [0, 0.1) is 58.2 Å². The summed E-state index contributed by atoms with van der Waals surface area (Å²) in [5.41, 5.74) is 1.92. The molecule has 8 atom stereocenters. The van der Waals surface area contributed by atoms with Crippen LogP contribution in [0.4, 0.5) is 0 Å². The molecule has 5 aliphatic carbocycles. The zero-order chi connectivity index (χ0) is 16.5. The van der Waals surface area contributed by atoms with Gasteiger partial charge in [-0.25, -0.2) is 0 Å². The second kappa shape index (κ2) is 5.13. The van der Waals surface area contributed by atoms with Crippen molar-refractivity contribution in [1.29, 1.82) is 5.26 Å². The Kier molecular flexibility index (Phi) is 3.22. The number of ether oxygens (including phenoxy) is 1. The number of rotatable bonds is 2. The van der Waals surface area contributed by atoms with Gasteiger partial charge >= 0.3 is 0 Å². The summed E-state index contributed by atoms with van der Waals surface area (Å²) in [6.45, 7) is 2.36. The zero-order valence-electron chi connectivity index (χ0n) is 15.0. The molecule has 5 aliphatic rings. The van der Waals surface area contributed by atoms with Crippen LogP contribution >= 0.6 is 0 Å². The maximum Gasteiger partial charge on any atom is 0.0958 e. The molecule has 3 fully saturated rings. The Hall–Kier alpha value is -1.23. The number of allylic oxidation sites excluding steroid dienone is 4. The van der Waals surface area contributed by atoms with Crippen molar-refractivity contribution in [3.63, 3.8) is 0 Å². The molecule has 0 aliphatic heterocycles. The highest BCUT2D eigenvalue weighted by atomic mass is 16.5. The van der Waals surface area contributed by atoms with Crippen LogP contribution in [0.15, 0.2) is 23.5 Å². The average molecular weight is 323 g/mol. The van der Waals surface area contributed by atoms with Gasteiger partial charge in [0.15, 0.2) is 0 Å². The van der Waals surface area contributed by atoms with E-state index in [1.165, 1.54) is 44.3 Å². The molecule has 0 bridgehead atoms. The largest absolute Gasteiger partial charge is 0.501 e. The minimum absolute atomic E-state index is 0.357. The Bertz CT molecular complexity index is 655. The minimum Gasteiger partial charge on any atom is -0.501 e. The molecule has 5 rings (SSSR count). The maximum atomic E-state index is 9.85. The summed E-state index contributed by atoms with van der Waals surface area (Å²) in [5, 5.41) is 9.85. The van der Waals surface area contributed by atoms with Gasteiger partial charge in [-0.2, -0.15) is 5.26 Å². The second-order valence-electron chi connectivity index (χ2n) is 9.05.